The van der Waals surface area contributed by atoms with Gasteiger partial charge in [-0.1, -0.05) is 0 Å². The van der Waals surface area contributed by atoms with Crippen LogP contribution >= 0.6 is 0 Å². The van der Waals surface area contributed by atoms with Gasteiger partial charge in [-0.15, -0.1) is 0 Å². The van der Waals surface area contributed by atoms with E-state index < -0.39 is 32.6 Å². The molecule has 0 saturated carbocycles. The highest BCUT2D eigenvalue weighted by atomic mass is 32.2. The van der Waals surface area contributed by atoms with Crippen LogP contribution in [0.3, 0.4) is 0 Å². The SMILES string of the molecule is O=S(=O)(O)c1cc(F)ccc1C(F)(F)F. The van der Waals surface area contributed by atoms with E-state index in [9.17, 15) is 26.0 Å². The molecule has 0 fully saturated rings. The van der Waals surface area contributed by atoms with Crippen molar-refractivity contribution >= 4 is 10.1 Å². The van der Waals surface area contributed by atoms with E-state index in [0.29, 0.717) is 6.07 Å². The van der Waals surface area contributed by atoms with E-state index in [1.54, 1.807) is 0 Å². The summed E-state index contributed by atoms with van der Waals surface area (Å²) >= 11 is 0. The van der Waals surface area contributed by atoms with Crippen LogP contribution in [-0.2, 0) is 16.3 Å². The van der Waals surface area contributed by atoms with Crippen LogP contribution in [0.2, 0.25) is 0 Å². The van der Waals surface area contributed by atoms with Crippen LogP contribution in [0.25, 0.3) is 0 Å². The maximum atomic E-state index is 12.5. The van der Waals surface area contributed by atoms with Crippen LogP contribution in [0, 0.1) is 5.82 Å². The van der Waals surface area contributed by atoms with E-state index in [1.165, 1.54) is 0 Å². The molecule has 0 aliphatic carbocycles. The molecular formula is C7H4F4O3S. The summed E-state index contributed by atoms with van der Waals surface area (Å²) in [4.78, 5) is -1.49. The van der Waals surface area contributed by atoms with E-state index in [2.05, 4.69) is 0 Å². The summed E-state index contributed by atoms with van der Waals surface area (Å²) in [5, 5.41) is 0. The summed E-state index contributed by atoms with van der Waals surface area (Å²) in [7, 11) is -5.10. The maximum absolute atomic E-state index is 12.5. The monoisotopic (exact) mass is 244 g/mol. The van der Waals surface area contributed by atoms with Crippen molar-refractivity contribution in [1.82, 2.24) is 0 Å². The fraction of sp³-hybridized carbons (Fsp3) is 0.143. The summed E-state index contributed by atoms with van der Waals surface area (Å²) in [5.74, 6) is -1.18. The predicted molar refractivity (Wildman–Crippen MR) is 41.2 cm³/mol. The lowest BCUT2D eigenvalue weighted by atomic mass is 10.2. The predicted octanol–water partition coefficient (Wildman–Crippen LogP) is 2.09. The average Bonchev–Trinajstić information content (AvgIpc) is 2.00. The first-order valence-electron chi connectivity index (χ1n) is 3.46. The molecule has 1 aromatic carbocycles. The van der Waals surface area contributed by atoms with Gasteiger partial charge in [0.1, 0.15) is 10.7 Å². The van der Waals surface area contributed by atoms with Gasteiger partial charge in [0.2, 0.25) is 0 Å². The van der Waals surface area contributed by atoms with Gasteiger partial charge in [-0.05, 0) is 18.2 Å². The third-order valence-electron chi connectivity index (χ3n) is 1.53. The smallest absolute Gasteiger partial charge is 0.282 e. The molecule has 8 heteroatoms. The zero-order chi connectivity index (χ0) is 11.9. The number of hydrogen-bond donors (Lipinski definition) is 1. The molecule has 0 spiro atoms. The van der Waals surface area contributed by atoms with Crippen LogP contribution in [0.4, 0.5) is 17.6 Å². The van der Waals surface area contributed by atoms with Crippen molar-refractivity contribution in [2.45, 2.75) is 11.1 Å². The minimum absolute atomic E-state index is 0.109. The van der Waals surface area contributed by atoms with Crippen molar-refractivity contribution in [3.05, 3.63) is 29.6 Å². The minimum atomic E-state index is -5.10. The zero-order valence-electron chi connectivity index (χ0n) is 6.92. The fourth-order valence-corrected chi connectivity index (χ4v) is 1.67. The second kappa shape index (κ2) is 3.46. The highest BCUT2D eigenvalue weighted by Gasteiger charge is 2.36. The van der Waals surface area contributed by atoms with E-state index in [0.717, 1.165) is 0 Å². The van der Waals surface area contributed by atoms with Gasteiger partial charge in [0.25, 0.3) is 10.1 Å². The second-order valence-electron chi connectivity index (χ2n) is 2.61. The van der Waals surface area contributed by atoms with Crippen molar-refractivity contribution in [3.63, 3.8) is 0 Å². The molecule has 0 unspecified atom stereocenters. The average molecular weight is 244 g/mol. The Bertz CT molecular complexity index is 477. The first-order valence-corrected chi connectivity index (χ1v) is 4.90. The Hall–Kier alpha value is -1.15. The second-order valence-corrected chi connectivity index (χ2v) is 4.00. The molecule has 0 amide bonds. The summed E-state index contributed by atoms with van der Waals surface area (Å²) in [6, 6.07) is 0.814. The number of benzene rings is 1. The van der Waals surface area contributed by atoms with Crippen molar-refractivity contribution in [1.29, 1.82) is 0 Å². The lowest BCUT2D eigenvalue weighted by molar-refractivity contribution is -0.140. The van der Waals surface area contributed by atoms with E-state index in [-0.39, 0.29) is 12.1 Å². The maximum Gasteiger partial charge on any atom is 0.417 e. The molecule has 1 aromatic rings. The standard InChI is InChI=1S/C7H4F4O3S/c8-4-1-2-5(7(9,10)11)6(3-4)15(12,13)14/h1-3H,(H,12,13,14). The Labute approximate surface area is 82.1 Å². The van der Waals surface area contributed by atoms with E-state index in [1.807, 2.05) is 0 Å². The van der Waals surface area contributed by atoms with Gasteiger partial charge in [-0.25, -0.2) is 4.39 Å². The van der Waals surface area contributed by atoms with Crippen LogP contribution < -0.4 is 0 Å². The van der Waals surface area contributed by atoms with Gasteiger partial charge in [-0.2, -0.15) is 21.6 Å². The van der Waals surface area contributed by atoms with Gasteiger partial charge in [0.05, 0.1) is 5.56 Å². The van der Waals surface area contributed by atoms with Crippen LogP contribution in [0.1, 0.15) is 5.56 Å². The van der Waals surface area contributed by atoms with E-state index in [4.69, 9.17) is 4.55 Å². The molecule has 0 atom stereocenters. The Morgan fingerprint density at radius 2 is 1.73 bits per heavy atom. The van der Waals surface area contributed by atoms with Crippen molar-refractivity contribution in [2.24, 2.45) is 0 Å². The molecule has 0 bridgehead atoms. The summed E-state index contributed by atoms with van der Waals surface area (Å²) < 4.78 is 78.7. The molecule has 3 nitrogen and oxygen atoms in total. The highest BCUT2D eigenvalue weighted by Crippen LogP contribution is 2.34. The zero-order valence-corrected chi connectivity index (χ0v) is 7.73. The molecule has 0 aliphatic rings. The quantitative estimate of drug-likeness (QED) is 0.608. The Balaban J connectivity index is 3.55. The molecule has 1 N–H and O–H groups in total. The highest BCUT2D eigenvalue weighted by molar-refractivity contribution is 7.85. The molecule has 0 saturated heterocycles. The first kappa shape index (κ1) is 11.9. The summed E-state index contributed by atoms with van der Waals surface area (Å²) in [6.45, 7) is 0. The molecular weight excluding hydrogens is 240 g/mol. The van der Waals surface area contributed by atoms with Crippen molar-refractivity contribution in [3.8, 4) is 0 Å². The largest absolute Gasteiger partial charge is 0.417 e. The van der Waals surface area contributed by atoms with Crippen molar-refractivity contribution in [2.75, 3.05) is 0 Å². The first-order chi connectivity index (χ1) is 6.62. The number of rotatable bonds is 1. The van der Waals surface area contributed by atoms with Crippen LogP contribution in [0.15, 0.2) is 23.1 Å². The van der Waals surface area contributed by atoms with Gasteiger partial charge in [0.15, 0.2) is 0 Å². The van der Waals surface area contributed by atoms with Crippen molar-refractivity contribution < 1.29 is 30.5 Å². The van der Waals surface area contributed by atoms with Gasteiger partial charge < -0.3 is 0 Å². The molecule has 0 aromatic heterocycles. The Kier molecular flexibility index (Phi) is 2.75. The lowest BCUT2D eigenvalue weighted by Gasteiger charge is -2.10. The van der Waals surface area contributed by atoms with Crippen LogP contribution in [-0.4, -0.2) is 13.0 Å². The molecule has 0 radical (unpaired) electrons. The molecule has 0 heterocycles. The molecule has 84 valence electrons. The lowest BCUT2D eigenvalue weighted by Crippen LogP contribution is -2.13. The number of alkyl halides is 3. The fourth-order valence-electron chi connectivity index (χ4n) is 0.944. The van der Waals surface area contributed by atoms with E-state index >= 15 is 0 Å². The Morgan fingerprint density at radius 1 is 1.20 bits per heavy atom. The van der Waals surface area contributed by atoms with Crippen LogP contribution in [0.5, 0.6) is 0 Å². The normalized spacial score (nSPS) is 12.9. The van der Waals surface area contributed by atoms with Gasteiger partial charge >= 0.3 is 6.18 Å². The molecule has 15 heavy (non-hydrogen) atoms. The molecule has 1 rings (SSSR count). The minimum Gasteiger partial charge on any atom is -0.282 e. The number of hydrogen-bond acceptors (Lipinski definition) is 2. The summed E-state index contributed by atoms with van der Waals surface area (Å²) in [5.41, 5.74) is -1.61. The third-order valence-corrected chi connectivity index (χ3v) is 2.42. The third kappa shape index (κ3) is 2.66. The Morgan fingerprint density at radius 3 is 2.13 bits per heavy atom. The summed E-state index contributed by atoms with van der Waals surface area (Å²) in [6.07, 6.45) is -4.97. The molecule has 0 aliphatic heterocycles. The number of halogens is 4. The van der Waals surface area contributed by atoms with Gasteiger partial charge in [-0.3, -0.25) is 4.55 Å². The topological polar surface area (TPSA) is 54.4 Å². The van der Waals surface area contributed by atoms with Gasteiger partial charge in [0, 0.05) is 0 Å².